The van der Waals surface area contributed by atoms with E-state index in [1.165, 1.54) is 0 Å². The third-order valence-electron chi connectivity index (χ3n) is 4.16. The van der Waals surface area contributed by atoms with E-state index in [9.17, 15) is 14.4 Å². The molecule has 24 heavy (non-hydrogen) atoms. The van der Waals surface area contributed by atoms with Gasteiger partial charge in [-0.15, -0.1) is 0 Å². The number of benzene rings is 2. The van der Waals surface area contributed by atoms with E-state index >= 15 is 0 Å². The second kappa shape index (κ2) is 6.62. The maximum atomic E-state index is 12.1. The van der Waals surface area contributed by atoms with Gasteiger partial charge in [0.2, 0.25) is 5.91 Å². The van der Waals surface area contributed by atoms with Crippen molar-refractivity contribution < 1.29 is 14.4 Å². The van der Waals surface area contributed by atoms with Crippen molar-refractivity contribution in [2.75, 3.05) is 6.54 Å². The predicted octanol–water partition coefficient (Wildman–Crippen LogP) is 3.21. The molecule has 2 aromatic carbocycles. The Kier molecular flexibility index (Phi) is 4.38. The second-order valence-electron chi connectivity index (χ2n) is 5.62. The molecule has 2 aliphatic rings. The molecule has 0 spiro atoms. The van der Waals surface area contributed by atoms with Crippen LogP contribution in [0.3, 0.4) is 0 Å². The van der Waals surface area contributed by atoms with Crippen molar-refractivity contribution >= 4 is 17.5 Å². The molecule has 1 fully saturated rings. The summed E-state index contributed by atoms with van der Waals surface area (Å²) >= 11 is 0. The van der Waals surface area contributed by atoms with Gasteiger partial charge in [-0.25, -0.2) is 0 Å². The van der Waals surface area contributed by atoms with E-state index in [4.69, 9.17) is 0 Å². The highest BCUT2D eigenvalue weighted by molar-refractivity contribution is 6.28. The Morgan fingerprint density at radius 2 is 1.21 bits per heavy atom. The quantitative estimate of drug-likeness (QED) is 0.692. The molecule has 2 aromatic rings. The van der Waals surface area contributed by atoms with E-state index in [0.717, 1.165) is 13.0 Å². The third-order valence-corrected chi connectivity index (χ3v) is 4.16. The molecule has 1 amide bonds. The molecule has 4 rings (SSSR count). The van der Waals surface area contributed by atoms with Crippen LogP contribution in [0.15, 0.2) is 61.3 Å². The van der Waals surface area contributed by atoms with E-state index in [1.54, 1.807) is 59.6 Å². The smallest absolute Gasteiger partial charge is 0.226 e. The molecule has 0 N–H and O–H groups in total. The van der Waals surface area contributed by atoms with Gasteiger partial charge < -0.3 is 4.90 Å². The van der Waals surface area contributed by atoms with Gasteiger partial charge in [0.25, 0.3) is 0 Å². The number of carbonyl (C=O) groups excluding carboxylic acids is 3. The summed E-state index contributed by atoms with van der Waals surface area (Å²) < 4.78 is 0. The Morgan fingerprint density at radius 1 is 0.792 bits per heavy atom. The van der Waals surface area contributed by atoms with Crippen LogP contribution in [-0.4, -0.2) is 28.9 Å². The SMILES string of the molecule is C=CN1CCCC1=O.O=C1c2ccccc2C(=O)c2ccccc21. The van der Waals surface area contributed by atoms with Gasteiger partial charge in [0.05, 0.1) is 0 Å². The Balaban J connectivity index is 0.000000179. The first kappa shape index (κ1) is 15.9. The van der Waals surface area contributed by atoms with Gasteiger partial charge in [0.1, 0.15) is 0 Å². The standard InChI is InChI=1S/C14H8O2.C6H9NO/c15-13-9-5-1-2-6-10(9)14(16)12-8-4-3-7-11(12)13;1-2-7-5-3-4-6(7)8/h1-8H;2H,1,3-5H2. The minimum Gasteiger partial charge on any atom is -0.320 e. The van der Waals surface area contributed by atoms with Crippen molar-refractivity contribution in [1.29, 1.82) is 0 Å². The number of rotatable bonds is 1. The molecule has 0 radical (unpaired) electrons. The average Bonchev–Trinajstić information content (AvgIpc) is 3.05. The molecule has 1 heterocycles. The summed E-state index contributed by atoms with van der Waals surface area (Å²) in [5.41, 5.74) is 2.02. The first-order valence-corrected chi connectivity index (χ1v) is 7.83. The van der Waals surface area contributed by atoms with Crippen LogP contribution >= 0.6 is 0 Å². The highest BCUT2D eigenvalue weighted by Crippen LogP contribution is 2.26. The number of likely N-dealkylation sites (tertiary alicyclic amines) is 1. The van der Waals surface area contributed by atoms with Gasteiger partial charge in [-0.1, -0.05) is 55.1 Å². The summed E-state index contributed by atoms with van der Waals surface area (Å²) in [5.74, 6) is 0.0802. The van der Waals surface area contributed by atoms with Crippen molar-refractivity contribution in [3.63, 3.8) is 0 Å². The van der Waals surface area contributed by atoms with Gasteiger partial charge >= 0.3 is 0 Å². The summed E-state index contributed by atoms with van der Waals surface area (Å²) in [6, 6.07) is 13.9. The summed E-state index contributed by atoms with van der Waals surface area (Å²) in [6.45, 7) is 4.36. The highest BCUT2D eigenvalue weighted by atomic mass is 16.2. The van der Waals surface area contributed by atoms with Gasteiger partial charge in [-0.05, 0) is 12.6 Å². The summed E-state index contributed by atoms with van der Waals surface area (Å²) in [5, 5.41) is 0. The molecule has 0 unspecified atom stereocenters. The van der Waals surface area contributed by atoms with Crippen LogP contribution in [0.2, 0.25) is 0 Å². The van der Waals surface area contributed by atoms with Crippen LogP contribution in [0.5, 0.6) is 0 Å². The average molecular weight is 319 g/mol. The van der Waals surface area contributed by atoms with Gasteiger partial charge in [0, 0.05) is 35.2 Å². The Hall–Kier alpha value is -3.01. The topological polar surface area (TPSA) is 54.5 Å². The monoisotopic (exact) mass is 319 g/mol. The number of nitrogens with zero attached hydrogens (tertiary/aromatic N) is 1. The summed E-state index contributed by atoms with van der Waals surface area (Å²) in [7, 11) is 0. The molecule has 1 aliphatic carbocycles. The highest BCUT2D eigenvalue weighted by Gasteiger charge is 2.28. The lowest BCUT2D eigenvalue weighted by Crippen LogP contribution is -2.20. The fourth-order valence-corrected chi connectivity index (χ4v) is 2.91. The molecule has 4 nitrogen and oxygen atoms in total. The van der Waals surface area contributed by atoms with Crippen LogP contribution < -0.4 is 0 Å². The lowest BCUT2D eigenvalue weighted by molar-refractivity contribution is -0.125. The molecule has 1 saturated heterocycles. The zero-order chi connectivity index (χ0) is 17.1. The normalized spacial score (nSPS) is 15.3. The van der Waals surface area contributed by atoms with Crippen molar-refractivity contribution in [2.45, 2.75) is 12.8 Å². The summed E-state index contributed by atoms with van der Waals surface area (Å²) in [4.78, 5) is 36.5. The number of hydrogen-bond donors (Lipinski definition) is 0. The van der Waals surface area contributed by atoms with E-state index in [-0.39, 0.29) is 17.5 Å². The maximum Gasteiger partial charge on any atom is 0.226 e. The van der Waals surface area contributed by atoms with Crippen LogP contribution in [0, 0.1) is 0 Å². The first-order chi connectivity index (χ1) is 11.6. The minimum atomic E-state index is -0.0641. The molecule has 0 bridgehead atoms. The van der Waals surface area contributed by atoms with E-state index in [0.29, 0.717) is 28.7 Å². The van der Waals surface area contributed by atoms with E-state index < -0.39 is 0 Å². The largest absolute Gasteiger partial charge is 0.320 e. The third kappa shape index (κ3) is 2.78. The van der Waals surface area contributed by atoms with Crippen LogP contribution in [-0.2, 0) is 4.79 Å². The number of hydrogen-bond acceptors (Lipinski definition) is 3. The van der Waals surface area contributed by atoms with Crippen LogP contribution in [0.1, 0.15) is 44.7 Å². The lowest BCUT2D eigenvalue weighted by atomic mass is 9.84. The number of amides is 1. The van der Waals surface area contributed by atoms with Crippen LogP contribution in [0.4, 0.5) is 0 Å². The Bertz CT molecular complexity index is 733. The van der Waals surface area contributed by atoms with Gasteiger partial charge in [0.15, 0.2) is 11.6 Å². The van der Waals surface area contributed by atoms with Crippen molar-refractivity contribution in [1.82, 2.24) is 4.90 Å². The Morgan fingerprint density at radius 3 is 1.46 bits per heavy atom. The van der Waals surface area contributed by atoms with Gasteiger partial charge in [-0.2, -0.15) is 0 Å². The number of fused-ring (bicyclic) bond motifs is 2. The van der Waals surface area contributed by atoms with Gasteiger partial charge in [-0.3, -0.25) is 14.4 Å². The lowest BCUT2D eigenvalue weighted by Gasteiger charge is -2.16. The molecule has 0 aromatic heterocycles. The molecule has 1 aliphatic heterocycles. The molecular formula is C20H17NO3. The number of ketones is 2. The maximum absolute atomic E-state index is 12.1. The molecule has 120 valence electrons. The zero-order valence-electron chi connectivity index (χ0n) is 13.2. The summed E-state index contributed by atoms with van der Waals surface area (Å²) in [6.07, 6.45) is 3.28. The molecule has 4 heteroatoms. The predicted molar refractivity (Wildman–Crippen MR) is 90.9 cm³/mol. The zero-order valence-corrected chi connectivity index (χ0v) is 13.2. The molecule has 0 saturated carbocycles. The molecular weight excluding hydrogens is 302 g/mol. The Labute approximate surface area is 140 Å². The van der Waals surface area contributed by atoms with Crippen molar-refractivity contribution in [3.05, 3.63) is 83.6 Å². The van der Waals surface area contributed by atoms with Crippen LogP contribution in [0.25, 0.3) is 0 Å². The fourth-order valence-electron chi connectivity index (χ4n) is 2.91. The van der Waals surface area contributed by atoms with E-state index in [2.05, 4.69) is 6.58 Å². The second-order valence-corrected chi connectivity index (χ2v) is 5.62. The number of carbonyl (C=O) groups is 3. The fraction of sp³-hybridized carbons (Fsp3) is 0.150. The molecule has 0 atom stereocenters. The van der Waals surface area contributed by atoms with Crippen molar-refractivity contribution in [3.8, 4) is 0 Å². The first-order valence-electron chi connectivity index (χ1n) is 7.83. The van der Waals surface area contributed by atoms with E-state index in [1.807, 2.05) is 0 Å². The minimum absolute atomic E-state index is 0.0641. The van der Waals surface area contributed by atoms with Crippen molar-refractivity contribution in [2.24, 2.45) is 0 Å².